The van der Waals surface area contributed by atoms with Crippen molar-refractivity contribution in [2.75, 3.05) is 40.9 Å². The molecule has 0 fully saturated rings. The first-order chi connectivity index (χ1) is 10.3. The summed E-state index contributed by atoms with van der Waals surface area (Å²) in [5.74, 6) is -2.13. The molecule has 0 radical (unpaired) electrons. The van der Waals surface area contributed by atoms with Gasteiger partial charge in [-0.25, -0.2) is 8.78 Å². The van der Waals surface area contributed by atoms with E-state index >= 15 is 0 Å². The second-order valence-corrected chi connectivity index (χ2v) is 5.37. The summed E-state index contributed by atoms with van der Waals surface area (Å²) in [5.41, 5.74) is 6.29. The maximum absolute atomic E-state index is 13.3. The highest BCUT2D eigenvalue weighted by molar-refractivity contribution is 5.81. The Morgan fingerprint density at radius 3 is 2.50 bits per heavy atom. The standard InChI is InChI=1S/C15H23F2N3O2/c1-19(2)6-7-20(15(21)14(18)10-22-3)9-11-4-5-12(16)13(17)8-11/h4-5,8,14H,6-7,9-10,18H2,1-3H3. The average molecular weight is 315 g/mol. The third-order valence-corrected chi connectivity index (χ3v) is 3.15. The Bertz CT molecular complexity index is 498. The maximum atomic E-state index is 13.3. The first kappa shape index (κ1) is 18.5. The molecule has 1 unspecified atom stereocenters. The summed E-state index contributed by atoms with van der Waals surface area (Å²) in [6.45, 7) is 1.34. The minimum Gasteiger partial charge on any atom is -0.383 e. The number of amides is 1. The topological polar surface area (TPSA) is 58.8 Å². The highest BCUT2D eigenvalue weighted by Gasteiger charge is 2.21. The molecule has 1 aromatic rings. The van der Waals surface area contributed by atoms with Crippen LogP contribution in [0.25, 0.3) is 0 Å². The van der Waals surface area contributed by atoms with Gasteiger partial charge in [-0.1, -0.05) is 6.07 Å². The molecule has 1 aromatic carbocycles. The lowest BCUT2D eigenvalue weighted by Gasteiger charge is -2.27. The van der Waals surface area contributed by atoms with Gasteiger partial charge in [-0.05, 0) is 31.8 Å². The van der Waals surface area contributed by atoms with Gasteiger partial charge in [-0.3, -0.25) is 4.79 Å². The molecule has 124 valence electrons. The number of ether oxygens (including phenoxy) is 1. The van der Waals surface area contributed by atoms with Gasteiger partial charge in [0.1, 0.15) is 6.04 Å². The summed E-state index contributed by atoms with van der Waals surface area (Å²) >= 11 is 0. The van der Waals surface area contributed by atoms with Gasteiger partial charge in [0.15, 0.2) is 11.6 Å². The largest absolute Gasteiger partial charge is 0.383 e. The summed E-state index contributed by atoms with van der Waals surface area (Å²) in [7, 11) is 5.23. The van der Waals surface area contributed by atoms with Crippen LogP contribution in [0, 0.1) is 11.6 Å². The van der Waals surface area contributed by atoms with Crippen LogP contribution in [0.5, 0.6) is 0 Å². The molecule has 1 atom stereocenters. The van der Waals surface area contributed by atoms with Crippen LogP contribution in [0.1, 0.15) is 5.56 Å². The van der Waals surface area contributed by atoms with Crippen LogP contribution in [-0.2, 0) is 16.1 Å². The Morgan fingerprint density at radius 1 is 1.27 bits per heavy atom. The molecule has 0 aromatic heterocycles. The van der Waals surface area contributed by atoms with Crippen molar-refractivity contribution in [3.05, 3.63) is 35.4 Å². The van der Waals surface area contributed by atoms with Gasteiger partial charge >= 0.3 is 0 Å². The highest BCUT2D eigenvalue weighted by atomic mass is 19.2. The molecular weight excluding hydrogens is 292 g/mol. The number of benzene rings is 1. The number of carbonyl (C=O) groups excluding carboxylic acids is 1. The zero-order valence-electron chi connectivity index (χ0n) is 13.2. The second-order valence-electron chi connectivity index (χ2n) is 5.37. The fourth-order valence-corrected chi connectivity index (χ4v) is 1.93. The molecule has 0 saturated carbocycles. The van der Waals surface area contributed by atoms with Crippen molar-refractivity contribution < 1.29 is 18.3 Å². The number of nitrogens with zero attached hydrogens (tertiary/aromatic N) is 2. The molecule has 1 amide bonds. The van der Waals surface area contributed by atoms with Crippen molar-refractivity contribution in [2.45, 2.75) is 12.6 Å². The molecule has 0 spiro atoms. The quantitative estimate of drug-likeness (QED) is 0.772. The van der Waals surface area contributed by atoms with Crippen LogP contribution in [0.15, 0.2) is 18.2 Å². The van der Waals surface area contributed by atoms with E-state index in [2.05, 4.69) is 0 Å². The van der Waals surface area contributed by atoms with E-state index in [0.717, 1.165) is 12.1 Å². The van der Waals surface area contributed by atoms with E-state index in [-0.39, 0.29) is 19.1 Å². The minimum atomic E-state index is -0.932. The second kappa shape index (κ2) is 8.77. The molecule has 0 aliphatic heterocycles. The Balaban J connectivity index is 2.84. The van der Waals surface area contributed by atoms with Crippen molar-refractivity contribution in [1.82, 2.24) is 9.80 Å². The molecular formula is C15H23F2N3O2. The predicted octanol–water partition coefficient (Wildman–Crippen LogP) is 0.829. The van der Waals surface area contributed by atoms with Gasteiger partial charge in [-0.15, -0.1) is 0 Å². The molecule has 0 saturated heterocycles. The van der Waals surface area contributed by atoms with Crippen LogP contribution < -0.4 is 5.73 Å². The lowest BCUT2D eigenvalue weighted by atomic mass is 10.1. The number of carbonyl (C=O) groups is 1. The lowest BCUT2D eigenvalue weighted by Crippen LogP contribution is -2.47. The van der Waals surface area contributed by atoms with E-state index in [0.29, 0.717) is 18.7 Å². The van der Waals surface area contributed by atoms with E-state index in [4.69, 9.17) is 10.5 Å². The van der Waals surface area contributed by atoms with Crippen LogP contribution in [0.2, 0.25) is 0 Å². The monoisotopic (exact) mass is 315 g/mol. The van der Waals surface area contributed by atoms with Gasteiger partial charge in [0.05, 0.1) is 6.61 Å². The normalized spacial score (nSPS) is 12.5. The summed E-state index contributed by atoms with van der Waals surface area (Å²) in [5, 5.41) is 0. The number of hydrogen-bond donors (Lipinski definition) is 1. The smallest absolute Gasteiger partial charge is 0.242 e. The van der Waals surface area contributed by atoms with Crippen LogP contribution >= 0.6 is 0 Å². The van der Waals surface area contributed by atoms with Gasteiger partial charge in [0.25, 0.3) is 0 Å². The Hall–Kier alpha value is -1.57. The number of halogens is 2. The minimum absolute atomic E-state index is 0.106. The van der Waals surface area contributed by atoms with Gasteiger partial charge in [0, 0.05) is 26.7 Å². The number of methoxy groups -OCH3 is 1. The summed E-state index contributed by atoms with van der Waals surface area (Å²) < 4.78 is 31.2. The first-order valence-corrected chi connectivity index (χ1v) is 6.97. The van der Waals surface area contributed by atoms with E-state index in [1.54, 1.807) is 0 Å². The molecule has 0 aliphatic rings. The van der Waals surface area contributed by atoms with E-state index in [1.165, 1.54) is 18.1 Å². The fourth-order valence-electron chi connectivity index (χ4n) is 1.93. The van der Waals surface area contributed by atoms with Gasteiger partial charge in [0.2, 0.25) is 5.91 Å². The van der Waals surface area contributed by atoms with Crippen LogP contribution in [-0.4, -0.2) is 62.7 Å². The summed E-state index contributed by atoms with van der Waals surface area (Å²) in [6.07, 6.45) is 0. The van der Waals surface area contributed by atoms with Crippen molar-refractivity contribution in [2.24, 2.45) is 5.73 Å². The third kappa shape index (κ3) is 5.67. The van der Waals surface area contributed by atoms with E-state index in [9.17, 15) is 13.6 Å². The van der Waals surface area contributed by atoms with Crippen LogP contribution in [0.3, 0.4) is 0 Å². The lowest BCUT2D eigenvalue weighted by molar-refractivity contribution is -0.134. The fraction of sp³-hybridized carbons (Fsp3) is 0.533. The Morgan fingerprint density at radius 2 is 1.95 bits per heavy atom. The Labute approximate surface area is 129 Å². The zero-order chi connectivity index (χ0) is 16.7. The number of nitrogens with two attached hydrogens (primary N) is 1. The predicted molar refractivity (Wildman–Crippen MR) is 80.2 cm³/mol. The molecule has 2 N–H and O–H groups in total. The number of hydrogen-bond acceptors (Lipinski definition) is 4. The maximum Gasteiger partial charge on any atom is 0.242 e. The number of likely N-dealkylation sites (N-methyl/N-ethyl adjacent to an activating group) is 1. The van der Waals surface area contributed by atoms with Crippen LogP contribution in [0.4, 0.5) is 8.78 Å². The molecule has 7 heteroatoms. The SMILES string of the molecule is COCC(N)C(=O)N(CCN(C)C)Cc1ccc(F)c(F)c1. The van der Waals surface area contributed by atoms with Gasteiger partial charge in [-0.2, -0.15) is 0 Å². The summed E-state index contributed by atoms with van der Waals surface area (Å²) in [4.78, 5) is 15.8. The average Bonchev–Trinajstić information content (AvgIpc) is 2.46. The molecule has 0 aliphatic carbocycles. The van der Waals surface area contributed by atoms with E-state index < -0.39 is 17.7 Å². The molecule has 1 rings (SSSR count). The summed E-state index contributed by atoms with van der Waals surface area (Å²) in [6, 6.07) is 2.81. The molecule has 0 heterocycles. The van der Waals surface area contributed by atoms with E-state index in [1.807, 2.05) is 19.0 Å². The third-order valence-electron chi connectivity index (χ3n) is 3.15. The van der Waals surface area contributed by atoms with Crippen molar-refractivity contribution in [3.8, 4) is 0 Å². The van der Waals surface area contributed by atoms with Gasteiger partial charge < -0.3 is 20.3 Å². The van der Waals surface area contributed by atoms with Crippen molar-refractivity contribution in [1.29, 1.82) is 0 Å². The molecule has 5 nitrogen and oxygen atoms in total. The zero-order valence-corrected chi connectivity index (χ0v) is 13.2. The van der Waals surface area contributed by atoms with Crippen molar-refractivity contribution in [3.63, 3.8) is 0 Å². The highest BCUT2D eigenvalue weighted by Crippen LogP contribution is 2.12. The number of rotatable bonds is 8. The molecule has 22 heavy (non-hydrogen) atoms. The molecule has 0 bridgehead atoms. The Kier molecular flexibility index (Phi) is 7.37. The first-order valence-electron chi connectivity index (χ1n) is 6.97. The van der Waals surface area contributed by atoms with Crippen molar-refractivity contribution >= 4 is 5.91 Å².